The Labute approximate surface area is 376 Å². The molecule has 0 unspecified atom stereocenters. The van der Waals surface area contributed by atoms with Crippen LogP contribution in [0.4, 0.5) is 23.4 Å². The second-order valence-corrected chi connectivity index (χ2v) is 15.7. The van der Waals surface area contributed by atoms with Crippen LogP contribution >= 0.6 is 0 Å². The topological polar surface area (TPSA) is 174 Å². The minimum Gasteiger partial charge on any atom is -0.494 e. The molecule has 0 atom stereocenters. The van der Waals surface area contributed by atoms with Crippen molar-refractivity contribution in [1.82, 2.24) is 34.7 Å². The van der Waals surface area contributed by atoms with Crippen molar-refractivity contribution in [2.45, 2.75) is 25.9 Å². The highest BCUT2D eigenvalue weighted by Crippen LogP contribution is 2.42. The number of hydrogen-bond donors (Lipinski definition) is 2. The summed E-state index contributed by atoms with van der Waals surface area (Å²) in [6.07, 6.45) is 7.17. The van der Waals surface area contributed by atoms with E-state index in [0.717, 1.165) is 43.9 Å². The molecule has 0 saturated carbocycles. The Hall–Kier alpha value is -7.51. The molecule has 8 rings (SSSR count). The summed E-state index contributed by atoms with van der Waals surface area (Å²) in [4.78, 5) is 50.5. The largest absolute Gasteiger partial charge is 0.494 e. The maximum absolute atomic E-state index is 15.3. The molecule has 1 aliphatic rings. The Balaban J connectivity index is 0.000000221. The number of fused-ring (bicyclic) bond motifs is 2. The van der Waals surface area contributed by atoms with Gasteiger partial charge in [-0.3, -0.25) is 34.5 Å². The third-order valence-electron chi connectivity index (χ3n) is 11.3. The van der Waals surface area contributed by atoms with Crippen molar-refractivity contribution in [3.8, 4) is 45.3 Å². The smallest absolute Gasteiger partial charge is 0.337 e. The molecule has 1 aliphatic heterocycles. The van der Waals surface area contributed by atoms with Gasteiger partial charge in [-0.05, 0) is 44.7 Å². The van der Waals surface area contributed by atoms with E-state index in [2.05, 4.69) is 60.9 Å². The fourth-order valence-corrected chi connectivity index (χ4v) is 7.63. The monoisotopic (exact) mass is 908 g/mol. The molecule has 15 nitrogen and oxygen atoms in total. The maximum atomic E-state index is 15.3. The van der Waals surface area contributed by atoms with Crippen LogP contribution in [-0.2, 0) is 6.54 Å². The van der Waals surface area contributed by atoms with Crippen molar-refractivity contribution in [2.75, 3.05) is 60.4 Å². The van der Waals surface area contributed by atoms with Crippen molar-refractivity contribution < 1.29 is 51.2 Å². The number of hydrogen-bond acceptors (Lipinski definition) is 13. The molecule has 19 heteroatoms. The molecule has 2 N–H and O–H groups in total. The van der Waals surface area contributed by atoms with Crippen LogP contribution in [0.3, 0.4) is 0 Å². The zero-order valence-corrected chi connectivity index (χ0v) is 36.9. The van der Waals surface area contributed by atoms with Gasteiger partial charge in [0.25, 0.3) is 5.91 Å². The van der Waals surface area contributed by atoms with Crippen molar-refractivity contribution in [3.05, 3.63) is 119 Å². The van der Waals surface area contributed by atoms with Gasteiger partial charge in [-0.1, -0.05) is 18.2 Å². The van der Waals surface area contributed by atoms with E-state index >= 15 is 8.78 Å². The van der Waals surface area contributed by atoms with E-state index in [4.69, 9.17) is 18.9 Å². The number of benzene rings is 4. The number of piperazine rings is 1. The predicted molar refractivity (Wildman–Crippen MR) is 237 cm³/mol. The Morgan fingerprint density at radius 1 is 0.652 bits per heavy atom. The van der Waals surface area contributed by atoms with E-state index in [1.807, 2.05) is 6.07 Å². The van der Waals surface area contributed by atoms with E-state index in [9.17, 15) is 23.5 Å². The molecule has 0 spiro atoms. The summed E-state index contributed by atoms with van der Waals surface area (Å²) in [5.41, 5.74) is 0.914. The normalized spacial score (nSPS) is 13.7. The van der Waals surface area contributed by atoms with Crippen molar-refractivity contribution in [3.63, 3.8) is 0 Å². The molecule has 4 aromatic carbocycles. The first-order valence-corrected chi connectivity index (χ1v) is 20.2. The van der Waals surface area contributed by atoms with Crippen LogP contribution in [0.2, 0.25) is 0 Å². The highest BCUT2D eigenvalue weighted by Gasteiger charge is 2.31. The van der Waals surface area contributed by atoms with Gasteiger partial charge in [-0.2, -0.15) is 0 Å². The Morgan fingerprint density at radius 3 is 1.53 bits per heavy atom. The lowest BCUT2D eigenvalue weighted by Crippen LogP contribution is -2.57. The van der Waals surface area contributed by atoms with Gasteiger partial charge in [0, 0.05) is 86.0 Å². The van der Waals surface area contributed by atoms with E-state index in [1.165, 1.54) is 77.5 Å². The van der Waals surface area contributed by atoms with E-state index < -0.39 is 40.7 Å². The van der Waals surface area contributed by atoms with E-state index in [-0.39, 0.29) is 78.4 Å². The summed E-state index contributed by atoms with van der Waals surface area (Å²) in [6, 6.07) is 11.3. The molecule has 1 fully saturated rings. The number of anilines is 1. The molecule has 1 amide bonds. The average molecular weight is 909 g/mol. The highest BCUT2D eigenvalue weighted by molar-refractivity contribution is 6.13. The number of carbonyl (C=O) groups is 2. The third-order valence-corrected chi connectivity index (χ3v) is 11.3. The van der Waals surface area contributed by atoms with Gasteiger partial charge in [0.2, 0.25) is 0 Å². The van der Waals surface area contributed by atoms with Gasteiger partial charge in [0.1, 0.15) is 16.9 Å². The number of methoxy groups -OCH3 is 4. The number of carbonyl (C=O) groups excluding carboxylic acids is 1. The third kappa shape index (κ3) is 9.07. The number of nitrogens with zero attached hydrogens (tertiary/aromatic N) is 7. The molecule has 3 aromatic heterocycles. The first-order chi connectivity index (χ1) is 31.6. The number of aromatic nitrogens is 5. The van der Waals surface area contributed by atoms with Crippen LogP contribution in [0, 0.1) is 23.3 Å². The summed E-state index contributed by atoms with van der Waals surface area (Å²) in [6.45, 7) is 8.15. The van der Waals surface area contributed by atoms with Crippen LogP contribution in [0.1, 0.15) is 40.1 Å². The molecule has 4 heterocycles. The van der Waals surface area contributed by atoms with Crippen molar-refractivity contribution in [2.24, 2.45) is 0 Å². The molecule has 342 valence electrons. The van der Waals surface area contributed by atoms with Crippen molar-refractivity contribution in [1.29, 1.82) is 0 Å². The molecule has 1 saturated heterocycles. The Morgan fingerprint density at radius 2 is 1.11 bits per heavy atom. The maximum Gasteiger partial charge on any atom is 0.337 e. The second-order valence-electron chi connectivity index (χ2n) is 15.7. The molecule has 66 heavy (non-hydrogen) atoms. The summed E-state index contributed by atoms with van der Waals surface area (Å²) in [7, 11) is 7.18. The van der Waals surface area contributed by atoms with E-state index in [1.54, 1.807) is 12.3 Å². The zero-order chi connectivity index (χ0) is 47.4. The SMILES string of the molecule is COc1cc(OC)c(F)c(-c2ccc(C(=O)Nc3ccc(CN4CCN(C)C(C)(C)C4)cn3)c3nccnc23)c1F.COc1cc(OC)c(F)c(-c2ccc(C(=O)O)c3nccnc23)c1F. The number of likely N-dealkylation sites (N-methyl/N-ethyl adjacent to an activating group) is 1. The number of halogens is 4. The average Bonchev–Trinajstić information content (AvgIpc) is 3.31. The number of rotatable bonds is 11. The molecule has 0 aliphatic carbocycles. The highest BCUT2D eigenvalue weighted by atomic mass is 19.1. The molecular formula is C47H44F4N8O7. The van der Waals surface area contributed by atoms with Gasteiger partial charge in [0.15, 0.2) is 46.3 Å². The lowest BCUT2D eigenvalue weighted by molar-refractivity contribution is 0.0359. The van der Waals surface area contributed by atoms with Crippen LogP contribution in [0.15, 0.2) is 79.5 Å². The zero-order valence-electron chi connectivity index (χ0n) is 36.9. The Bertz CT molecular complexity index is 2920. The van der Waals surface area contributed by atoms with Crippen LogP contribution < -0.4 is 24.3 Å². The summed E-state index contributed by atoms with van der Waals surface area (Å²) in [5.74, 6) is -5.88. The summed E-state index contributed by atoms with van der Waals surface area (Å²) < 4.78 is 80.1. The first-order valence-electron chi connectivity index (χ1n) is 20.2. The number of nitrogens with one attached hydrogen (secondary N) is 1. The predicted octanol–water partition coefficient (Wildman–Crippen LogP) is 8.06. The van der Waals surface area contributed by atoms with Gasteiger partial charge in [-0.25, -0.2) is 27.3 Å². The molecule has 0 radical (unpaired) electrons. The number of carboxylic acid groups (broad SMARTS) is 1. The van der Waals surface area contributed by atoms with Crippen molar-refractivity contribution >= 4 is 39.8 Å². The number of aromatic carboxylic acids is 1. The number of carboxylic acids is 1. The summed E-state index contributed by atoms with van der Waals surface area (Å²) >= 11 is 0. The van der Waals surface area contributed by atoms with E-state index in [0.29, 0.717) is 5.82 Å². The first kappa shape index (κ1) is 46.5. The quantitative estimate of drug-likeness (QED) is 0.119. The fourth-order valence-electron chi connectivity index (χ4n) is 7.63. The lowest BCUT2D eigenvalue weighted by Gasteiger charge is -2.45. The standard InChI is InChI=1S/C30H32F2N6O3.C17H12F2N2O4/c1-30(2)17-38(13-12-37(30)3)16-18-6-9-23(35-15-18)36-29(39)20-8-7-19(27-28(20)34-11-10-33-27)24-25(31)21(40-4)14-22(41-5)26(24)32;1-24-10-7-11(25-2)14(19)12(13(10)18)8-3-4-9(17(22)23)16-15(8)20-5-6-21-16/h6-11,14-15H,12-13,16-17H2,1-5H3,(H,35,36,39);3-7H,1-2H3,(H,22,23). The lowest BCUT2D eigenvalue weighted by atomic mass is 9.98. The number of pyridine rings is 1. The van der Waals surface area contributed by atoms with Gasteiger partial charge in [-0.15, -0.1) is 0 Å². The molecule has 0 bridgehead atoms. The van der Waals surface area contributed by atoms with Gasteiger partial charge >= 0.3 is 5.97 Å². The van der Waals surface area contributed by atoms with Crippen LogP contribution in [-0.4, -0.2) is 112 Å². The minimum atomic E-state index is -1.22. The summed E-state index contributed by atoms with van der Waals surface area (Å²) in [5, 5.41) is 12.1. The fraction of sp³-hybridized carbons (Fsp3) is 0.255. The molecular weight excluding hydrogens is 865 g/mol. The number of amides is 1. The van der Waals surface area contributed by atoms with Gasteiger partial charge in [0.05, 0.1) is 61.7 Å². The second kappa shape index (κ2) is 19.3. The minimum absolute atomic E-state index is 0.0214. The van der Waals surface area contributed by atoms with Crippen LogP contribution in [0.5, 0.6) is 23.0 Å². The molecule has 7 aromatic rings. The Kier molecular flexibility index (Phi) is 13.6. The van der Waals surface area contributed by atoms with Crippen LogP contribution in [0.25, 0.3) is 44.3 Å². The number of ether oxygens (including phenoxy) is 4. The van der Waals surface area contributed by atoms with Gasteiger partial charge < -0.3 is 29.4 Å².